The zero-order chi connectivity index (χ0) is 13.3. The molecule has 18 heavy (non-hydrogen) atoms. The highest BCUT2D eigenvalue weighted by molar-refractivity contribution is 5.52. The second-order valence-corrected chi connectivity index (χ2v) is 5.72. The maximum absolute atomic E-state index is 9.68. The molecule has 1 unspecified atom stereocenters. The second kappa shape index (κ2) is 4.90. The minimum atomic E-state index is -0.0845. The van der Waals surface area contributed by atoms with Gasteiger partial charge in [-0.3, -0.25) is 4.90 Å². The van der Waals surface area contributed by atoms with Crippen molar-refractivity contribution in [3.8, 4) is 0 Å². The summed E-state index contributed by atoms with van der Waals surface area (Å²) in [5.41, 5.74) is 3.85. The highest BCUT2D eigenvalue weighted by Gasteiger charge is 2.39. The predicted molar refractivity (Wildman–Crippen MR) is 76.2 cm³/mol. The lowest BCUT2D eigenvalue weighted by Gasteiger charge is -2.34. The van der Waals surface area contributed by atoms with E-state index in [4.69, 9.17) is 0 Å². The third kappa shape index (κ3) is 2.25. The van der Waals surface area contributed by atoms with Gasteiger partial charge in [-0.1, -0.05) is 6.07 Å². The maximum atomic E-state index is 9.68. The number of likely N-dealkylation sites (N-methyl/N-ethyl adjacent to an activating group) is 1. The van der Waals surface area contributed by atoms with Gasteiger partial charge in [-0.15, -0.1) is 0 Å². The largest absolute Gasteiger partial charge is 0.394 e. The van der Waals surface area contributed by atoms with Gasteiger partial charge in [0.15, 0.2) is 0 Å². The Labute approximate surface area is 110 Å². The van der Waals surface area contributed by atoms with E-state index in [1.54, 1.807) is 0 Å². The van der Waals surface area contributed by atoms with E-state index in [1.165, 1.54) is 16.8 Å². The lowest BCUT2D eigenvalue weighted by Crippen LogP contribution is -2.49. The first-order valence-electron chi connectivity index (χ1n) is 6.59. The normalized spacial score (nSPS) is 24.0. The van der Waals surface area contributed by atoms with E-state index < -0.39 is 0 Å². The Bertz CT molecular complexity index is 431. The van der Waals surface area contributed by atoms with Gasteiger partial charge < -0.3 is 10.0 Å². The summed E-state index contributed by atoms with van der Waals surface area (Å²) in [5.74, 6) is 0. The van der Waals surface area contributed by atoms with Crippen LogP contribution in [0.2, 0.25) is 0 Å². The summed E-state index contributed by atoms with van der Waals surface area (Å²) in [6.45, 7) is 6.43. The smallest absolute Gasteiger partial charge is 0.0633 e. The average molecular weight is 248 g/mol. The number of aliphatic hydroxyl groups excluding tert-OH is 1. The molecule has 1 N–H and O–H groups in total. The summed E-state index contributed by atoms with van der Waals surface area (Å²) in [7, 11) is 4.11. The first-order chi connectivity index (χ1) is 8.48. The van der Waals surface area contributed by atoms with E-state index in [1.807, 2.05) is 0 Å². The Morgan fingerprint density at radius 3 is 2.50 bits per heavy atom. The zero-order valence-corrected chi connectivity index (χ0v) is 11.9. The fourth-order valence-corrected chi connectivity index (χ4v) is 2.63. The number of anilines is 1. The second-order valence-electron chi connectivity index (χ2n) is 5.72. The molecular weight excluding hydrogens is 224 g/mol. The maximum Gasteiger partial charge on any atom is 0.0633 e. The van der Waals surface area contributed by atoms with Crippen molar-refractivity contribution in [3.63, 3.8) is 0 Å². The topological polar surface area (TPSA) is 26.7 Å². The summed E-state index contributed by atoms with van der Waals surface area (Å²) >= 11 is 0. The average Bonchev–Trinajstić information content (AvgIpc) is 2.78. The van der Waals surface area contributed by atoms with Crippen molar-refractivity contribution < 1.29 is 5.11 Å². The number of rotatable bonds is 3. The Hall–Kier alpha value is -1.06. The van der Waals surface area contributed by atoms with Crippen molar-refractivity contribution in [2.75, 3.05) is 38.7 Å². The summed E-state index contributed by atoms with van der Waals surface area (Å²) in [6, 6.07) is 6.61. The number of hydrogen-bond acceptors (Lipinski definition) is 3. The third-order valence-electron chi connectivity index (χ3n) is 4.43. The van der Waals surface area contributed by atoms with Crippen molar-refractivity contribution in [1.82, 2.24) is 4.90 Å². The molecule has 3 nitrogen and oxygen atoms in total. The van der Waals surface area contributed by atoms with Gasteiger partial charge in [-0.25, -0.2) is 0 Å². The molecule has 1 aliphatic rings. The van der Waals surface area contributed by atoms with Crippen LogP contribution in [0.5, 0.6) is 0 Å². The number of benzene rings is 1. The number of hydrogen-bond donors (Lipinski definition) is 1. The minimum Gasteiger partial charge on any atom is -0.394 e. The van der Waals surface area contributed by atoms with Gasteiger partial charge in [0.2, 0.25) is 0 Å². The van der Waals surface area contributed by atoms with Crippen molar-refractivity contribution in [3.05, 3.63) is 29.3 Å². The molecule has 0 bridgehead atoms. The van der Waals surface area contributed by atoms with Crippen LogP contribution in [0.25, 0.3) is 0 Å². The van der Waals surface area contributed by atoms with E-state index in [9.17, 15) is 5.11 Å². The SMILES string of the molecule is Cc1ccc(N2CCC(CO)(N(C)C)C2)cc1C. The number of aliphatic hydroxyl groups is 1. The molecule has 0 aliphatic carbocycles. The monoisotopic (exact) mass is 248 g/mol. The molecule has 1 heterocycles. The molecule has 1 fully saturated rings. The lowest BCUT2D eigenvalue weighted by molar-refractivity contribution is 0.0867. The van der Waals surface area contributed by atoms with Crippen LogP contribution >= 0.6 is 0 Å². The molecule has 1 aromatic carbocycles. The van der Waals surface area contributed by atoms with Gasteiger partial charge in [0.1, 0.15) is 0 Å². The summed E-state index contributed by atoms with van der Waals surface area (Å²) in [5, 5.41) is 9.68. The van der Waals surface area contributed by atoms with E-state index in [0.29, 0.717) is 0 Å². The molecule has 1 atom stereocenters. The standard InChI is InChI=1S/C15H24N2O/c1-12-5-6-14(9-13(12)2)17-8-7-15(10-17,11-18)16(3)4/h5-6,9,18H,7-8,10-11H2,1-4H3. The Morgan fingerprint density at radius 1 is 1.28 bits per heavy atom. The van der Waals surface area contributed by atoms with Crippen LogP contribution in [-0.4, -0.2) is 49.3 Å². The van der Waals surface area contributed by atoms with Gasteiger partial charge >= 0.3 is 0 Å². The minimum absolute atomic E-state index is 0.0845. The molecule has 1 saturated heterocycles. The first kappa shape index (κ1) is 13.4. The van der Waals surface area contributed by atoms with Crippen LogP contribution in [0.1, 0.15) is 17.5 Å². The summed E-state index contributed by atoms with van der Waals surface area (Å²) < 4.78 is 0. The van der Waals surface area contributed by atoms with Crippen LogP contribution in [0.4, 0.5) is 5.69 Å². The fraction of sp³-hybridized carbons (Fsp3) is 0.600. The zero-order valence-electron chi connectivity index (χ0n) is 11.9. The molecule has 0 amide bonds. The van der Waals surface area contributed by atoms with E-state index in [2.05, 4.69) is 55.9 Å². The van der Waals surface area contributed by atoms with Crippen LogP contribution in [0.15, 0.2) is 18.2 Å². The molecule has 0 radical (unpaired) electrons. The molecule has 1 aliphatic heterocycles. The highest BCUT2D eigenvalue weighted by Crippen LogP contribution is 2.30. The molecule has 0 saturated carbocycles. The predicted octanol–water partition coefficient (Wildman–Crippen LogP) is 1.81. The summed E-state index contributed by atoms with van der Waals surface area (Å²) in [6.07, 6.45) is 1.02. The molecular formula is C15H24N2O. The van der Waals surface area contributed by atoms with Gasteiger partial charge in [0.25, 0.3) is 0 Å². The van der Waals surface area contributed by atoms with Crippen LogP contribution in [0.3, 0.4) is 0 Å². The van der Waals surface area contributed by atoms with Crippen molar-refractivity contribution >= 4 is 5.69 Å². The van der Waals surface area contributed by atoms with E-state index >= 15 is 0 Å². The van der Waals surface area contributed by atoms with Gasteiger partial charge in [-0.05, 0) is 57.6 Å². The van der Waals surface area contributed by atoms with Crippen LogP contribution in [-0.2, 0) is 0 Å². The molecule has 0 spiro atoms. The lowest BCUT2D eigenvalue weighted by atomic mass is 9.98. The molecule has 0 aromatic heterocycles. The van der Waals surface area contributed by atoms with Crippen molar-refractivity contribution in [2.24, 2.45) is 0 Å². The van der Waals surface area contributed by atoms with Gasteiger partial charge in [-0.2, -0.15) is 0 Å². The van der Waals surface area contributed by atoms with E-state index in [-0.39, 0.29) is 12.1 Å². The first-order valence-corrected chi connectivity index (χ1v) is 6.59. The molecule has 100 valence electrons. The Balaban J connectivity index is 2.19. The Kier molecular flexibility index (Phi) is 3.64. The van der Waals surface area contributed by atoms with Crippen LogP contribution < -0.4 is 4.90 Å². The highest BCUT2D eigenvalue weighted by atomic mass is 16.3. The fourth-order valence-electron chi connectivity index (χ4n) is 2.63. The molecule has 3 heteroatoms. The van der Waals surface area contributed by atoms with E-state index in [0.717, 1.165) is 19.5 Å². The summed E-state index contributed by atoms with van der Waals surface area (Å²) in [4.78, 5) is 4.54. The third-order valence-corrected chi connectivity index (χ3v) is 4.43. The van der Waals surface area contributed by atoms with Crippen molar-refractivity contribution in [2.45, 2.75) is 25.8 Å². The molecule has 1 aromatic rings. The number of aryl methyl sites for hydroxylation is 2. The quantitative estimate of drug-likeness (QED) is 0.883. The van der Waals surface area contributed by atoms with Crippen molar-refractivity contribution in [1.29, 1.82) is 0 Å². The molecule has 2 rings (SSSR count). The van der Waals surface area contributed by atoms with Crippen LogP contribution in [0, 0.1) is 13.8 Å². The van der Waals surface area contributed by atoms with Gasteiger partial charge in [0, 0.05) is 18.8 Å². The Morgan fingerprint density at radius 2 is 2.00 bits per heavy atom. The number of nitrogens with zero attached hydrogens (tertiary/aromatic N) is 2. The van der Waals surface area contributed by atoms with Gasteiger partial charge in [0.05, 0.1) is 12.1 Å².